The van der Waals surface area contributed by atoms with Crippen molar-refractivity contribution in [3.05, 3.63) is 53.3 Å². The van der Waals surface area contributed by atoms with Gasteiger partial charge in [0.2, 0.25) is 0 Å². The van der Waals surface area contributed by atoms with Crippen LogP contribution in [0.25, 0.3) is 0 Å². The smallest absolute Gasteiger partial charge is 0.339 e. The fourth-order valence-corrected chi connectivity index (χ4v) is 1.79. The van der Waals surface area contributed by atoms with E-state index in [4.69, 9.17) is 16.3 Å². The summed E-state index contributed by atoms with van der Waals surface area (Å²) in [5, 5.41) is 4.45. The molecule has 0 saturated heterocycles. The first kappa shape index (κ1) is 12.6. The molecule has 94 valence electrons. The Hall–Kier alpha value is -1.81. The summed E-state index contributed by atoms with van der Waals surface area (Å²) in [6.45, 7) is 2.33. The van der Waals surface area contributed by atoms with Gasteiger partial charge in [-0.25, -0.2) is 4.79 Å². The van der Waals surface area contributed by atoms with Gasteiger partial charge in [-0.1, -0.05) is 23.7 Å². The van der Waals surface area contributed by atoms with Gasteiger partial charge in [0.15, 0.2) is 0 Å². The van der Waals surface area contributed by atoms with E-state index in [1.807, 2.05) is 19.2 Å². The summed E-state index contributed by atoms with van der Waals surface area (Å²) in [6, 6.07) is 8.65. The summed E-state index contributed by atoms with van der Waals surface area (Å²) in [5.41, 5.74) is 0.381. The lowest BCUT2D eigenvalue weighted by Crippen LogP contribution is -2.21. The first-order chi connectivity index (χ1) is 8.66. The quantitative estimate of drug-likeness (QED) is 0.798. The van der Waals surface area contributed by atoms with Crippen molar-refractivity contribution in [3.8, 4) is 0 Å². The number of benzene rings is 1. The molecule has 1 heterocycles. The number of halogens is 1. The average molecular weight is 265 g/mol. The lowest BCUT2D eigenvalue weighted by atomic mass is 10.2. The number of esters is 1. The molecular weight excluding hydrogens is 252 g/mol. The fourth-order valence-electron chi connectivity index (χ4n) is 1.58. The molecule has 0 spiro atoms. The molecule has 2 rings (SSSR count). The molecule has 0 aliphatic heterocycles. The van der Waals surface area contributed by atoms with E-state index in [0.29, 0.717) is 17.1 Å². The molecule has 0 aliphatic carbocycles. The SMILES string of the molecule is C[C@@H](Cn1cccn1)OC(=O)c1ccccc1Cl. The fraction of sp³-hybridized carbons (Fsp3) is 0.231. The van der Waals surface area contributed by atoms with E-state index in [0.717, 1.165) is 0 Å². The van der Waals surface area contributed by atoms with Crippen LogP contribution in [0.3, 0.4) is 0 Å². The third-order valence-corrected chi connectivity index (χ3v) is 2.73. The standard InChI is InChI=1S/C13H13ClN2O2/c1-10(9-16-8-4-7-15-16)18-13(17)11-5-2-3-6-12(11)14/h2-8,10H,9H2,1H3/t10-/m0/s1. The third-order valence-electron chi connectivity index (χ3n) is 2.41. The van der Waals surface area contributed by atoms with Crippen molar-refractivity contribution < 1.29 is 9.53 Å². The molecule has 0 N–H and O–H groups in total. The Kier molecular flexibility index (Phi) is 3.99. The van der Waals surface area contributed by atoms with Gasteiger partial charge in [0.25, 0.3) is 0 Å². The average Bonchev–Trinajstić information content (AvgIpc) is 2.82. The molecule has 5 heteroatoms. The number of rotatable bonds is 4. The normalized spacial score (nSPS) is 12.1. The van der Waals surface area contributed by atoms with Crippen molar-refractivity contribution in [1.82, 2.24) is 9.78 Å². The minimum Gasteiger partial charge on any atom is -0.457 e. The van der Waals surface area contributed by atoms with E-state index >= 15 is 0 Å². The summed E-state index contributed by atoms with van der Waals surface area (Å²) in [6.07, 6.45) is 3.23. The van der Waals surface area contributed by atoms with E-state index in [9.17, 15) is 4.79 Å². The molecule has 1 aromatic heterocycles. The second-order valence-electron chi connectivity index (χ2n) is 3.92. The predicted octanol–water partition coefficient (Wildman–Crippen LogP) is 2.78. The van der Waals surface area contributed by atoms with Crippen molar-refractivity contribution in [3.63, 3.8) is 0 Å². The Labute approximate surface area is 110 Å². The molecule has 1 aromatic carbocycles. The Morgan fingerprint density at radius 1 is 1.44 bits per heavy atom. The maximum atomic E-state index is 11.9. The number of carbonyl (C=O) groups excluding carboxylic acids is 1. The molecule has 0 fully saturated rings. The molecule has 0 unspecified atom stereocenters. The van der Waals surface area contributed by atoms with Gasteiger partial charge in [0.05, 0.1) is 17.1 Å². The maximum absolute atomic E-state index is 11.9. The Bertz CT molecular complexity index is 526. The molecular formula is C13H13ClN2O2. The summed E-state index contributed by atoms with van der Waals surface area (Å²) < 4.78 is 7.02. The number of carbonyl (C=O) groups is 1. The van der Waals surface area contributed by atoms with Crippen LogP contribution in [0.15, 0.2) is 42.7 Å². The van der Waals surface area contributed by atoms with Crippen LogP contribution in [0.5, 0.6) is 0 Å². The first-order valence-corrected chi connectivity index (χ1v) is 5.97. The molecule has 0 aliphatic rings. The van der Waals surface area contributed by atoms with Gasteiger partial charge in [-0.05, 0) is 25.1 Å². The summed E-state index contributed by atoms with van der Waals surface area (Å²) in [7, 11) is 0. The van der Waals surface area contributed by atoms with Gasteiger partial charge < -0.3 is 4.74 Å². The maximum Gasteiger partial charge on any atom is 0.339 e. The number of nitrogens with zero attached hydrogens (tertiary/aromatic N) is 2. The molecule has 0 saturated carbocycles. The van der Waals surface area contributed by atoms with E-state index in [1.54, 1.807) is 35.1 Å². The van der Waals surface area contributed by atoms with E-state index in [2.05, 4.69) is 5.10 Å². The van der Waals surface area contributed by atoms with Gasteiger partial charge in [-0.3, -0.25) is 4.68 Å². The lowest BCUT2D eigenvalue weighted by Gasteiger charge is -2.13. The van der Waals surface area contributed by atoms with Crippen LogP contribution in [-0.4, -0.2) is 21.9 Å². The highest BCUT2D eigenvalue weighted by Gasteiger charge is 2.14. The molecule has 4 nitrogen and oxygen atoms in total. The number of hydrogen-bond donors (Lipinski definition) is 0. The third kappa shape index (κ3) is 3.11. The van der Waals surface area contributed by atoms with Crippen LogP contribution in [0, 0.1) is 0 Å². The van der Waals surface area contributed by atoms with E-state index in [-0.39, 0.29) is 6.10 Å². The summed E-state index contributed by atoms with van der Waals surface area (Å²) in [5.74, 6) is -0.416. The summed E-state index contributed by atoms with van der Waals surface area (Å²) >= 11 is 5.93. The molecule has 0 amide bonds. The highest BCUT2D eigenvalue weighted by molar-refractivity contribution is 6.33. The van der Waals surface area contributed by atoms with Gasteiger partial charge in [0.1, 0.15) is 6.10 Å². The van der Waals surface area contributed by atoms with E-state index < -0.39 is 5.97 Å². The minimum atomic E-state index is -0.416. The molecule has 0 bridgehead atoms. The van der Waals surface area contributed by atoms with Gasteiger partial charge in [0, 0.05) is 12.4 Å². The Balaban J connectivity index is 1.97. The van der Waals surface area contributed by atoms with Crippen LogP contribution in [0.1, 0.15) is 17.3 Å². The number of ether oxygens (including phenoxy) is 1. The highest BCUT2D eigenvalue weighted by Crippen LogP contribution is 2.16. The second-order valence-corrected chi connectivity index (χ2v) is 4.33. The van der Waals surface area contributed by atoms with Crippen molar-refractivity contribution in [2.75, 3.05) is 0 Å². The molecule has 1 atom stereocenters. The van der Waals surface area contributed by atoms with Crippen LogP contribution < -0.4 is 0 Å². The minimum absolute atomic E-state index is 0.270. The van der Waals surface area contributed by atoms with Crippen molar-refractivity contribution in [2.24, 2.45) is 0 Å². The molecule has 18 heavy (non-hydrogen) atoms. The van der Waals surface area contributed by atoms with Gasteiger partial charge >= 0.3 is 5.97 Å². The largest absolute Gasteiger partial charge is 0.457 e. The molecule has 2 aromatic rings. The van der Waals surface area contributed by atoms with Gasteiger partial charge in [-0.2, -0.15) is 5.10 Å². The van der Waals surface area contributed by atoms with Crippen LogP contribution >= 0.6 is 11.6 Å². The number of hydrogen-bond acceptors (Lipinski definition) is 3. The Morgan fingerprint density at radius 3 is 2.89 bits per heavy atom. The first-order valence-electron chi connectivity index (χ1n) is 5.60. The second kappa shape index (κ2) is 5.69. The zero-order chi connectivity index (χ0) is 13.0. The summed E-state index contributed by atoms with van der Waals surface area (Å²) in [4.78, 5) is 11.9. The predicted molar refractivity (Wildman–Crippen MR) is 68.6 cm³/mol. The van der Waals surface area contributed by atoms with Crippen molar-refractivity contribution >= 4 is 17.6 Å². The van der Waals surface area contributed by atoms with Crippen molar-refractivity contribution in [2.45, 2.75) is 19.6 Å². The van der Waals surface area contributed by atoms with Crippen LogP contribution in [0.4, 0.5) is 0 Å². The monoisotopic (exact) mass is 264 g/mol. The topological polar surface area (TPSA) is 44.1 Å². The van der Waals surface area contributed by atoms with Gasteiger partial charge in [-0.15, -0.1) is 0 Å². The zero-order valence-corrected chi connectivity index (χ0v) is 10.7. The number of aromatic nitrogens is 2. The molecule has 0 radical (unpaired) electrons. The Morgan fingerprint density at radius 2 is 2.22 bits per heavy atom. The van der Waals surface area contributed by atoms with E-state index in [1.165, 1.54) is 0 Å². The van der Waals surface area contributed by atoms with Crippen LogP contribution in [0.2, 0.25) is 5.02 Å². The van der Waals surface area contributed by atoms with Crippen molar-refractivity contribution in [1.29, 1.82) is 0 Å². The zero-order valence-electron chi connectivity index (χ0n) is 9.91. The lowest BCUT2D eigenvalue weighted by molar-refractivity contribution is 0.0299. The van der Waals surface area contributed by atoms with Crippen LogP contribution in [-0.2, 0) is 11.3 Å². The highest BCUT2D eigenvalue weighted by atomic mass is 35.5.